The topological polar surface area (TPSA) is 23.8 Å². The normalized spacial score (nSPS) is 4.00. The van der Waals surface area contributed by atoms with Gasteiger partial charge in [0.25, 0.3) is 0 Å². The van der Waals surface area contributed by atoms with Gasteiger partial charge in [-0.2, -0.15) is 5.26 Å². The van der Waals surface area contributed by atoms with E-state index in [0.29, 0.717) is 6.42 Å². The van der Waals surface area contributed by atoms with Crippen molar-refractivity contribution in [1.29, 1.82) is 5.26 Å². The van der Waals surface area contributed by atoms with Crippen molar-refractivity contribution >= 4 is 0 Å². The molecule has 0 amide bonds. The average molecular weight is 79.1 g/mol. The van der Waals surface area contributed by atoms with Crippen LogP contribution in [0.15, 0.2) is 0 Å². The Balaban J connectivity index is -0.0000000450. The summed E-state index contributed by atoms with van der Waals surface area (Å²) in [7, 11) is 0. The summed E-state index contributed by atoms with van der Waals surface area (Å²) < 4.78 is 0. The average Bonchev–Trinajstić information content (AvgIpc) is 1.37. The molecule has 0 aliphatic rings. The summed E-state index contributed by atoms with van der Waals surface area (Å²) in [4.78, 5) is 0. The summed E-state index contributed by atoms with van der Waals surface area (Å²) in [6.45, 7) is 1.82. The van der Waals surface area contributed by atoms with Crippen LogP contribution in [0.4, 0.5) is 0 Å². The van der Waals surface area contributed by atoms with E-state index in [1.54, 1.807) is 0 Å². The zero-order chi connectivity index (χ0) is 3.41. The molecule has 24 valence electrons. The molecule has 0 saturated carbocycles. The van der Waals surface area contributed by atoms with E-state index in [0.717, 1.165) is 0 Å². The van der Waals surface area contributed by atoms with Crippen molar-refractivity contribution in [1.82, 2.24) is 0 Å². The number of nitrogens with zero attached hydrogens (tertiary/aromatic N) is 1. The van der Waals surface area contributed by atoms with Crippen molar-refractivity contribution < 1.29 is 31.0 Å². The van der Waals surface area contributed by atoms with Crippen molar-refractivity contribution in [2.45, 2.75) is 13.3 Å². The maximum Gasteiger partial charge on any atom is 1.00 e. The van der Waals surface area contributed by atoms with Gasteiger partial charge in [0.2, 0.25) is 0 Å². The molecule has 1 nitrogen and oxygen atoms in total. The fourth-order valence-electron chi connectivity index (χ4n) is 0. The van der Waals surface area contributed by atoms with Crippen LogP contribution in [-0.2, 0) is 0 Å². The SMILES string of the molecule is CCC#N.[H-].[Na+]. The Morgan fingerprint density at radius 3 is 2.20 bits per heavy atom. The summed E-state index contributed by atoms with van der Waals surface area (Å²) in [6, 6.07) is 1.93. The molecule has 0 aliphatic carbocycles. The van der Waals surface area contributed by atoms with Crippen LogP contribution in [-0.4, -0.2) is 0 Å². The Hall–Kier alpha value is 0.490. The molecule has 5 heavy (non-hydrogen) atoms. The molecule has 0 radical (unpaired) electrons. The smallest absolute Gasteiger partial charge is 1.00 e. The first-order valence-corrected chi connectivity index (χ1v) is 1.28. The van der Waals surface area contributed by atoms with Gasteiger partial charge in [-0.25, -0.2) is 0 Å². The summed E-state index contributed by atoms with van der Waals surface area (Å²) in [5, 5.41) is 7.62. The molecule has 0 bridgehead atoms. The van der Waals surface area contributed by atoms with Crippen molar-refractivity contribution in [3.8, 4) is 6.07 Å². The molecule has 0 aliphatic heterocycles. The molecule has 0 aromatic carbocycles. The second-order valence-electron chi connectivity index (χ2n) is 0.512. The van der Waals surface area contributed by atoms with Gasteiger partial charge in [0.05, 0.1) is 6.07 Å². The van der Waals surface area contributed by atoms with Gasteiger partial charge in [-0.15, -0.1) is 0 Å². The summed E-state index contributed by atoms with van der Waals surface area (Å²) in [5.74, 6) is 0. The second kappa shape index (κ2) is 8.82. The number of hydrogen-bond acceptors (Lipinski definition) is 1. The van der Waals surface area contributed by atoms with Gasteiger partial charge in [0, 0.05) is 6.42 Å². The monoisotopic (exact) mass is 79.0 g/mol. The quantitative estimate of drug-likeness (QED) is 0.309. The minimum absolute atomic E-state index is 0. The van der Waals surface area contributed by atoms with Crippen molar-refractivity contribution in [3.63, 3.8) is 0 Å². The molecular formula is C3H6NNa. The minimum atomic E-state index is 0. The van der Waals surface area contributed by atoms with Crippen LogP contribution < -0.4 is 29.6 Å². The maximum atomic E-state index is 7.62. The fraction of sp³-hybridized carbons (Fsp3) is 0.667. The van der Waals surface area contributed by atoms with Gasteiger partial charge in [-0.05, 0) is 0 Å². The predicted molar refractivity (Wildman–Crippen MR) is 17.0 cm³/mol. The van der Waals surface area contributed by atoms with E-state index >= 15 is 0 Å². The molecule has 0 fully saturated rings. The zero-order valence-corrected chi connectivity index (χ0v) is 5.65. The molecule has 0 aromatic rings. The van der Waals surface area contributed by atoms with E-state index in [-0.39, 0.29) is 31.0 Å². The molecule has 0 heterocycles. The van der Waals surface area contributed by atoms with Crippen LogP contribution >= 0.6 is 0 Å². The van der Waals surface area contributed by atoms with E-state index in [1.165, 1.54) is 0 Å². The molecule has 0 rings (SSSR count). The van der Waals surface area contributed by atoms with Crippen LogP contribution in [0.2, 0.25) is 0 Å². The van der Waals surface area contributed by atoms with Gasteiger partial charge in [-0.1, -0.05) is 6.92 Å². The fourth-order valence-corrected chi connectivity index (χ4v) is 0. The van der Waals surface area contributed by atoms with E-state index in [9.17, 15) is 0 Å². The van der Waals surface area contributed by atoms with Crippen LogP contribution in [0.3, 0.4) is 0 Å². The Kier molecular flexibility index (Phi) is 16.0. The van der Waals surface area contributed by atoms with Gasteiger partial charge in [0.15, 0.2) is 0 Å². The van der Waals surface area contributed by atoms with Crippen molar-refractivity contribution in [3.05, 3.63) is 0 Å². The Morgan fingerprint density at radius 2 is 2.20 bits per heavy atom. The first-order chi connectivity index (χ1) is 1.91. The zero-order valence-electron chi connectivity index (χ0n) is 4.65. The predicted octanol–water partition coefficient (Wildman–Crippen LogP) is -1.96. The van der Waals surface area contributed by atoms with Crippen LogP contribution in [0.5, 0.6) is 0 Å². The van der Waals surface area contributed by atoms with Crippen molar-refractivity contribution in [2.24, 2.45) is 0 Å². The van der Waals surface area contributed by atoms with E-state index in [1.807, 2.05) is 13.0 Å². The molecule has 2 heteroatoms. The summed E-state index contributed by atoms with van der Waals surface area (Å²) >= 11 is 0. The minimum Gasteiger partial charge on any atom is -1.00 e. The Bertz CT molecular complexity index is 40.5. The number of rotatable bonds is 0. The summed E-state index contributed by atoms with van der Waals surface area (Å²) in [6.07, 6.45) is 0.625. The molecular weight excluding hydrogens is 73.0 g/mol. The number of hydrogen-bond donors (Lipinski definition) is 0. The van der Waals surface area contributed by atoms with Gasteiger partial charge in [0.1, 0.15) is 0 Å². The van der Waals surface area contributed by atoms with Crippen molar-refractivity contribution in [2.75, 3.05) is 0 Å². The second-order valence-corrected chi connectivity index (χ2v) is 0.512. The summed E-state index contributed by atoms with van der Waals surface area (Å²) in [5.41, 5.74) is 0. The molecule has 0 atom stereocenters. The largest absolute Gasteiger partial charge is 1.00 e. The van der Waals surface area contributed by atoms with E-state index < -0.39 is 0 Å². The molecule has 0 saturated heterocycles. The third-order valence-corrected chi connectivity index (χ3v) is 0.158. The first-order valence-electron chi connectivity index (χ1n) is 1.28. The van der Waals surface area contributed by atoms with Gasteiger partial charge >= 0.3 is 29.6 Å². The molecule has 0 unspecified atom stereocenters. The van der Waals surface area contributed by atoms with Crippen LogP contribution in [0, 0.1) is 11.3 Å². The maximum absolute atomic E-state index is 7.62. The van der Waals surface area contributed by atoms with Crippen LogP contribution in [0.25, 0.3) is 0 Å². The first kappa shape index (κ1) is 9.09. The van der Waals surface area contributed by atoms with Gasteiger partial charge < -0.3 is 1.43 Å². The molecule has 0 aromatic heterocycles. The third kappa shape index (κ3) is 12.5. The molecule has 0 spiro atoms. The van der Waals surface area contributed by atoms with E-state index in [4.69, 9.17) is 5.26 Å². The standard InChI is InChI=1S/C3H5N.Na.H/c1-2-3-4;;/h2H2,1H3;;/q;+1;-1. The Labute approximate surface area is 55.8 Å². The van der Waals surface area contributed by atoms with E-state index in [2.05, 4.69) is 0 Å². The third-order valence-electron chi connectivity index (χ3n) is 0.158. The molecule has 0 N–H and O–H groups in total. The van der Waals surface area contributed by atoms with Crippen LogP contribution in [0.1, 0.15) is 14.8 Å². The van der Waals surface area contributed by atoms with Gasteiger partial charge in [-0.3, -0.25) is 0 Å². The number of nitriles is 1. The Morgan fingerprint density at radius 1 is 2.00 bits per heavy atom.